The van der Waals surface area contributed by atoms with E-state index in [4.69, 9.17) is 11.6 Å². The van der Waals surface area contributed by atoms with Crippen LogP contribution in [-0.4, -0.2) is 43.2 Å². The van der Waals surface area contributed by atoms with Crippen molar-refractivity contribution in [2.75, 3.05) is 48.3 Å². The lowest BCUT2D eigenvalue weighted by atomic mass is 10.1. The van der Waals surface area contributed by atoms with Crippen molar-refractivity contribution in [2.24, 2.45) is 0 Å². The highest BCUT2D eigenvalue weighted by molar-refractivity contribution is 6.32. The Morgan fingerprint density at radius 1 is 1.04 bits per heavy atom. The van der Waals surface area contributed by atoms with Gasteiger partial charge in [0.1, 0.15) is 12.0 Å². The topological polar surface area (TPSA) is 44.3 Å². The molecule has 0 atom stereocenters. The number of piperazine rings is 1. The Labute approximate surface area is 142 Å². The third-order valence-electron chi connectivity index (χ3n) is 4.32. The van der Waals surface area contributed by atoms with E-state index in [9.17, 15) is 0 Å². The van der Waals surface area contributed by atoms with Gasteiger partial charge in [0, 0.05) is 38.9 Å². The summed E-state index contributed by atoms with van der Waals surface area (Å²) >= 11 is 6.15. The maximum Gasteiger partial charge on any atom is 0.157 e. The molecular weight excluding hydrogens is 310 g/mol. The van der Waals surface area contributed by atoms with E-state index in [-0.39, 0.29) is 0 Å². The van der Waals surface area contributed by atoms with Gasteiger partial charge in [-0.1, -0.05) is 30.7 Å². The summed E-state index contributed by atoms with van der Waals surface area (Å²) in [5, 5.41) is 3.57. The largest absolute Gasteiger partial charge is 0.383 e. The normalized spacial score (nSPS) is 14.9. The van der Waals surface area contributed by atoms with Crippen LogP contribution in [-0.2, 0) is 6.42 Å². The van der Waals surface area contributed by atoms with Gasteiger partial charge in [-0.25, -0.2) is 9.97 Å². The Kier molecular flexibility index (Phi) is 4.86. The van der Waals surface area contributed by atoms with Crippen LogP contribution in [0, 0.1) is 0 Å². The van der Waals surface area contributed by atoms with Crippen molar-refractivity contribution in [1.82, 2.24) is 9.97 Å². The zero-order valence-electron chi connectivity index (χ0n) is 13.6. The summed E-state index contributed by atoms with van der Waals surface area (Å²) in [6.07, 6.45) is 2.60. The summed E-state index contributed by atoms with van der Waals surface area (Å²) in [6, 6.07) is 8.86. The molecule has 3 rings (SSSR count). The van der Waals surface area contributed by atoms with Crippen LogP contribution in [0.25, 0.3) is 0 Å². The van der Waals surface area contributed by atoms with E-state index in [1.807, 2.05) is 7.05 Å². The highest BCUT2D eigenvalue weighted by atomic mass is 35.5. The molecule has 0 bridgehead atoms. The summed E-state index contributed by atoms with van der Waals surface area (Å²) in [5.74, 6) is 0.883. The first-order valence-corrected chi connectivity index (χ1v) is 8.37. The second-order valence-electron chi connectivity index (χ2n) is 5.61. The number of halogens is 1. The van der Waals surface area contributed by atoms with E-state index >= 15 is 0 Å². The van der Waals surface area contributed by atoms with Crippen molar-refractivity contribution >= 4 is 28.8 Å². The zero-order chi connectivity index (χ0) is 16.2. The average molecular weight is 332 g/mol. The molecule has 1 aromatic heterocycles. The standard InChI is InChI=1S/C17H22ClN5/c1-3-13-4-6-14(7-5-13)22-8-10-23(11-9-22)17-15(19-2)16(18)20-12-21-17/h4-7,12,19H,3,8-11H2,1-2H3. The van der Waals surface area contributed by atoms with Crippen LogP contribution in [0.3, 0.4) is 0 Å². The number of hydrogen-bond donors (Lipinski definition) is 1. The Morgan fingerprint density at radius 3 is 2.30 bits per heavy atom. The fourth-order valence-electron chi connectivity index (χ4n) is 2.93. The molecule has 1 fully saturated rings. The summed E-state index contributed by atoms with van der Waals surface area (Å²) in [7, 11) is 1.85. The predicted molar refractivity (Wildman–Crippen MR) is 96.8 cm³/mol. The second-order valence-corrected chi connectivity index (χ2v) is 5.97. The van der Waals surface area contributed by atoms with E-state index in [1.165, 1.54) is 17.6 Å². The maximum atomic E-state index is 6.15. The molecule has 0 spiro atoms. The van der Waals surface area contributed by atoms with Crippen molar-refractivity contribution in [2.45, 2.75) is 13.3 Å². The Morgan fingerprint density at radius 2 is 1.70 bits per heavy atom. The number of nitrogens with zero attached hydrogens (tertiary/aromatic N) is 4. The number of benzene rings is 1. The molecule has 5 nitrogen and oxygen atoms in total. The molecule has 1 aliphatic rings. The third kappa shape index (κ3) is 3.34. The number of aromatic nitrogens is 2. The van der Waals surface area contributed by atoms with E-state index in [2.05, 4.69) is 56.3 Å². The van der Waals surface area contributed by atoms with Crippen molar-refractivity contribution in [3.05, 3.63) is 41.3 Å². The van der Waals surface area contributed by atoms with E-state index in [1.54, 1.807) is 0 Å². The predicted octanol–water partition coefficient (Wildman–Crippen LogP) is 3.06. The highest BCUT2D eigenvalue weighted by Gasteiger charge is 2.21. The number of rotatable bonds is 4. The first-order chi connectivity index (χ1) is 11.2. The monoisotopic (exact) mass is 331 g/mol. The minimum Gasteiger partial charge on any atom is -0.383 e. The summed E-state index contributed by atoms with van der Waals surface area (Å²) in [4.78, 5) is 13.1. The lowest BCUT2D eigenvalue weighted by Crippen LogP contribution is -2.47. The molecule has 2 aromatic rings. The van der Waals surface area contributed by atoms with Gasteiger partial charge in [0.15, 0.2) is 11.0 Å². The van der Waals surface area contributed by atoms with E-state index in [0.29, 0.717) is 5.15 Å². The van der Waals surface area contributed by atoms with Gasteiger partial charge in [-0.3, -0.25) is 0 Å². The third-order valence-corrected chi connectivity index (χ3v) is 4.61. The molecule has 1 aromatic carbocycles. The molecule has 1 saturated heterocycles. The molecule has 1 N–H and O–H groups in total. The van der Waals surface area contributed by atoms with Crippen LogP contribution >= 0.6 is 11.6 Å². The van der Waals surface area contributed by atoms with Gasteiger partial charge >= 0.3 is 0 Å². The van der Waals surface area contributed by atoms with E-state index in [0.717, 1.165) is 44.1 Å². The molecule has 2 heterocycles. The smallest absolute Gasteiger partial charge is 0.157 e. The van der Waals surface area contributed by atoms with E-state index < -0.39 is 0 Å². The second kappa shape index (κ2) is 7.04. The molecule has 0 unspecified atom stereocenters. The van der Waals surface area contributed by atoms with Crippen LogP contribution in [0.4, 0.5) is 17.2 Å². The van der Waals surface area contributed by atoms with Gasteiger partial charge in [-0.05, 0) is 24.1 Å². The van der Waals surface area contributed by atoms with Gasteiger partial charge < -0.3 is 15.1 Å². The SMILES string of the molecule is CCc1ccc(N2CCN(c3ncnc(Cl)c3NC)CC2)cc1. The van der Waals surface area contributed by atoms with Crippen molar-refractivity contribution in [3.8, 4) is 0 Å². The fourth-order valence-corrected chi connectivity index (χ4v) is 3.15. The van der Waals surface area contributed by atoms with Gasteiger partial charge in [0.2, 0.25) is 0 Å². The molecule has 122 valence electrons. The van der Waals surface area contributed by atoms with Crippen molar-refractivity contribution < 1.29 is 0 Å². The fraction of sp³-hybridized carbons (Fsp3) is 0.412. The molecule has 0 saturated carbocycles. The molecule has 1 aliphatic heterocycles. The van der Waals surface area contributed by atoms with Gasteiger partial charge in [-0.2, -0.15) is 0 Å². The van der Waals surface area contributed by atoms with Gasteiger partial charge in [0.05, 0.1) is 0 Å². The van der Waals surface area contributed by atoms with Crippen molar-refractivity contribution in [1.29, 1.82) is 0 Å². The number of hydrogen-bond acceptors (Lipinski definition) is 5. The van der Waals surface area contributed by atoms with Gasteiger partial charge in [0.25, 0.3) is 0 Å². The van der Waals surface area contributed by atoms with Crippen molar-refractivity contribution in [3.63, 3.8) is 0 Å². The molecule has 6 heteroatoms. The minimum atomic E-state index is 0.468. The average Bonchev–Trinajstić information content (AvgIpc) is 2.62. The molecule has 23 heavy (non-hydrogen) atoms. The number of anilines is 3. The Hall–Kier alpha value is -2.01. The maximum absolute atomic E-state index is 6.15. The Bertz CT molecular complexity index is 651. The molecule has 0 radical (unpaired) electrons. The summed E-state index contributed by atoms with van der Waals surface area (Å²) in [5.41, 5.74) is 3.47. The number of nitrogens with one attached hydrogen (secondary N) is 1. The minimum absolute atomic E-state index is 0.468. The Balaban J connectivity index is 1.69. The summed E-state index contributed by atoms with van der Waals surface area (Å²) < 4.78 is 0. The lowest BCUT2D eigenvalue weighted by Gasteiger charge is -2.37. The van der Waals surface area contributed by atoms with Crippen LogP contribution in [0.1, 0.15) is 12.5 Å². The van der Waals surface area contributed by atoms with Crippen LogP contribution in [0.5, 0.6) is 0 Å². The quantitative estimate of drug-likeness (QED) is 0.872. The van der Waals surface area contributed by atoms with Crippen LogP contribution < -0.4 is 15.1 Å². The lowest BCUT2D eigenvalue weighted by molar-refractivity contribution is 0.647. The summed E-state index contributed by atoms with van der Waals surface area (Å²) in [6.45, 7) is 5.95. The zero-order valence-corrected chi connectivity index (χ0v) is 14.3. The molecule has 0 amide bonds. The number of aryl methyl sites for hydroxylation is 1. The van der Waals surface area contributed by atoms with Gasteiger partial charge in [-0.15, -0.1) is 0 Å². The first kappa shape index (κ1) is 15.9. The van der Waals surface area contributed by atoms with Crippen LogP contribution in [0.15, 0.2) is 30.6 Å². The molecular formula is C17H22ClN5. The first-order valence-electron chi connectivity index (χ1n) is 8.00. The highest BCUT2D eigenvalue weighted by Crippen LogP contribution is 2.29. The van der Waals surface area contributed by atoms with Crippen LogP contribution in [0.2, 0.25) is 5.15 Å². The molecule has 0 aliphatic carbocycles.